The monoisotopic (exact) mass is 402 g/mol. The number of hydrogen-bond acceptors (Lipinski definition) is 6. The Kier molecular flexibility index (Phi) is 5.19. The Morgan fingerprint density at radius 3 is 2.50 bits per heavy atom. The highest BCUT2D eigenvalue weighted by Gasteiger charge is 2.29. The van der Waals surface area contributed by atoms with E-state index in [1.807, 2.05) is 0 Å². The van der Waals surface area contributed by atoms with Gasteiger partial charge in [-0.25, -0.2) is 17.2 Å². The lowest BCUT2D eigenvalue weighted by atomic mass is 10.2. The summed E-state index contributed by atoms with van der Waals surface area (Å²) in [7, 11) is -2.77. The first-order valence-corrected chi connectivity index (χ1v) is 10.1. The first-order valence-electron chi connectivity index (χ1n) is 8.44. The van der Waals surface area contributed by atoms with Crippen molar-refractivity contribution < 1.29 is 22.7 Å². The minimum absolute atomic E-state index is 0.0254. The fourth-order valence-corrected chi connectivity index (χ4v) is 4.62. The number of ether oxygens (including phenoxy) is 1. The Morgan fingerprint density at radius 2 is 1.89 bits per heavy atom. The van der Waals surface area contributed by atoms with Crippen molar-refractivity contribution in [1.82, 2.24) is 8.54 Å². The van der Waals surface area contributed by atoms with Crippen LogP contribution >= 0.6 is 0 Å². The highest BCUT2D eigenvalue weighted by molar-refractivity contribution is 7.89. The zero-order valence-electron chi connectivity index (χ0n) is 15.3. The van der Waals surface area contributed by atoms with E-state index in [9.17, 15) is 22.8 Å². The van der Waals surface area contributed by atoms with Gasteiger partial charge in [-0.15, -0.1) is 0 Å². The molecule has 0 amide bonds. The van der Waals surface area contributed by atoms with Gasteiger partial charge in [-0.1, -0.05) is 30.3 Å². The number of fused-ring (bicyclic) bond motifs is 1. The molecule has 9 heteroatoms. The molecular weight excluding hydrogens is 384 g/mol. The molecule has 0 spiro atoms. The third kappa shape index (κ3) is 3.36. The highest BCUT2D eigenvalue weighted by atomic mass is 32.2. The molecule has 0 atom stereocenters. The number of hydrogen-bond donors (Lipinski definition) is 0. The number of aromatic nitrogens is 2. The lowest BCUT2D eigenvalue weighted by Crippen LogP contribution is -2.26. The summed E-state index contributed by atoms with van der Waals surface area (Å²) in [6.07, 6.45) is 1.80. The molecule has 0 aliphatic rings. The molecular formula is C19H18N2O6S. The van der Waals surface area contributed by atoms with Gasteiger partial charge in [0.1, 0.15) is 11.2 Å². The van der Waals surface area contributed by atoms with Gasteiger partial charge in [0.05, 0.1) is 12.4 Å². The number of esters is 1. The van der Waals surface area contributed by atoms with E-state index in [4.69, 9.17) is 4.74 Å². The molecule has 0 N–H and O–H groups in total. The van der Waals surface area contributed by atoms with Crippen LogP contribution in [-0.4, -0.2) is 35.8 Å². The van der Waals surface area contributed by atoms with Crippen LogP contribution in [0.2, 0.25) is 0 Å². The Bertz CT molecular complexity index is 1220. The van der Waals surface area contributed by atoms with Crippen molar-refractivity contribution in [2.24, 2.45) is 7.05 Å². The molecule has 3 aromatic rings. The molecule has 0 unspecified atom stereocenters. The standard InChI is InChI=1S/C19H18N2O6S/c1-3-27-19(24)16-9-15-14(11-22)10-20(2)18(23)17(15)21(16)28(25,26)12-13-7-5-4-6-8-13/h4-11H,3,12H2,1-2H3. The SMILES string of the molecule is CCOC(=O)c1cc2c(C=O)cn(C)c(=O)c2n1S(=O)(=O)Cc1ccccc1. The number of nitrogens with zero attached hydrogens (tertiary/aromatic N) is 2. The third-order valence-corrected chi connectivity index (χ3v) is 5.84. The van der Waals surface area contributed by atoms with E-state index in [2.05, 4.69) is 0 Å². The van der Waals surface area contributed by atoms with Crippen molar-refractivity contribution in [3.63, 3.8) is 0 Å². The molecule has 0 saturated carbocycles. The molecule has 8 nitrogen and oxygen atoms in total. The van der Waals surface area contributed by atoms with E-state index in [1.54, 1.807) is 37.3 Å². The third-order valence-electron chi connectivity index (χ3n) is 4.21. The Labute approximate surface area is 161 Å². The predicted octanol–water partition coefficient (Wildman–Crippen LogP) is 1.71. The molecule has 0 bridgehead atoms. The first kappa shape index (κ1) is 19.6. The number of aldehydes is 1. The quantitative estimate of drug-likeness (QED) is 0.459. The lowest BCUT2D eigenvalue weighted by molar-refractivity contribution is 0.0518. The normalized spacial score (nSPS) is 11.5. The van der Waals surface area contributed by atoms with E-state index in [0.29, 0.717) is 15.8 Å². The number of carbonyl (C=O) groups excluding carboxylic acids is 2. The van der Waals surface area contributed by atoms with Crippen molar-refractivity contribution >= 4 is 33.2 Å². The maximum absolute atomic E-state index is 13.2. The van der Waals surface area contributed by atoms with E-state index in [0.717, 1.165) is 4.57 Å². The van der Waals surface area contributed by atoms with Crippen LogP contribution in [0.15, 0.2) is 47.4 Å². The zero-order chi connectivity index (χ0) is 20.5. The predicted molar refractivity (Wildman–Crippen MR) is 103 cm³/mol. The summed E-state index contributed by atoms with van der Waals surface area (Å²) < 4.78 is 33.1. The van der Waals surface area contributed by atoms with E-state index < -0.39 is 27.3 Å². The van der Waals surface area contributed by atoms with Gasteiger partial charge in [-0.05, 0) is 18.6 Å². The summed E-state index contributed by atoms with van der Waals surface area (Å²) in [4.78, 5) is 36.6. The number of aryl methyl sites for hydroxylation is 1. The second-order valence-electron chi connectivity index (χ2n) is 6.14. The van der Waals surface area contributed by atoms with E-state index >= 15 is 0 Å². The van der Waals surface area contributed by atoms with Crippen molar-refractivity contribution in [3.05, 3.63) is 69.8 Å². The van der Waals surface area contributed by atoms with Crippen LogP contribution in [0.25, 0.3) is 10.9 Å². The van der Waals surface area contributed by atoms with Crippen LogP contribution in [0, 0.1) is 0 Å². The van der Waals surface area contributed by atoms with Gasteiger partial charge in [-0.2, -0.15) is 0 Å². The molecule has 146 valence electrons. The van der Waals surface area contributed by atoms with Crippen LogP contribution in [0.5, 0.6) is 0 Å². The number of carbonyl (C=O) groups is 2. The summed E-state index contributed by atoms with van der Waals surface area (Å²) in [5, 5.41) is 0.0813. The molecule has 0 saturated heterocycles. The molecule has 0 radical (unpaired) electrons. The maximum atomic E-state index is 13.2. The van der Waals surface area contributed by atoms with Gasteiger partial charge in [0.2, 0.25) is 10.0 Å². The second kappa shape index (κ2) is 7.43. The summed E-state index contributed by atoms with van der Waals surface area (Å²) >= 11 is 0. The Hall–Kier alpha value is -3.20. The molecule has 1 aromatic carbocycles. The van der Waals surface area contributed by atoms with Crippen LogP contribution in [0.4, 0.5) is 0 Å². The van der Waals surface area contributed by atoms with Crippen LogP contribution < -0.4 is 5.56 Å². The molecule has 3 rings (SSSR count). The van der Waals surface area contributed by atoms with Gasteiger partial charge in [0.15, 0.2) is 6.29 Å². The lowest BCUT2D eigenvalue weighted by Gasteiger charge is -2.12. The van der Waals surface area contributed by atoms with Crippen molar-refractivity contribution in [2.45, 2.75) is 12.7 Å². The topological polar surface area (TPSA) is 104 Å². The minimum atomic E-state index is -4.17. The fourth-order valence-electron chi connectivity index (χ4n) is 3.00. The first-order chi connectivity index (χ1) is 13.3. The summed E-state index contributed by atoms with van der Waals surface area (Å²) in [5.41, 5.74) is -0.642. The molecule has 0 aliphatic carbocycles. The molecule has 2 heterocycles. The van der Waals surface area contributed by atoms with Crippen LogP contribution in [-0.2, 0) is 27.6 Å². The number of pyridine rings is 1. The van der Waals surface area contributed by atoms with Gasteiger partial charge >= 0.3 is 5.97 Å². The molecule has 0 fully saturated rings. The largest absolute Gasteiger partial charge is 0.461 e. The summed E-state index contributed by atoms with van der Waals surface area (Å²) in [6.45, 7) is 1.61. The van der Waals surface area contributed by atoms with Crippen LogP contribution in [0.1, 0.15) is 33.3 Å². The van der Waals surface area contributed by atoms with Crippen molar-refractivity contribution in [3.8, 4) is 0 Å². The zero-order valence-corrected chi connectivity index (χ0v) is 16.1. The number of rotatable bonds is 6. The van der Waals surface area contributed by atoms with Crippen molar-refractivity contribution in [1.29, 1.82) is 0 Å². The Morgan fingerprint density at radius 1 is 1.21 bits per heavy atom. The maximum Gasteiger partial charge on any atom is 0.356 e. The van der Waals surface area contributed by atoms with E-state index in [-0.39, 0.29) is 28.8 Å². The summed E-state index contributed by atoms with van der Waals surface area (Å²) in [6, 6.07) is 9.59. The minimum Gasteiger partial charge on any atom is -0.461 e. The summed E-state index contributed by atoms with van der Waals surface area (Å²) in [5.74, 6) is -1.33. The average molecular weight is 402 g/mol. The smallest absolute Gasteiger partial charge is 0.356 e. The Balaban J connectivity index is 2.37. The van der Waals surface area contributed by atoms with Gasteiger partial charge in [0, 0.05) is 24.2 Å². The highest BCUT2D eigenvalue weighted by Crippen LogP contribution is 2.24. The van der Waals surface area contributed by atoms with E-state index in [1.165, 1.54) is 19.3 Å². The number of benzene rings is 1. The molecule has 0 aliphatic heterocycles. The van der Waals surface area contributed by atoms with Gasteiger partial charge in [-0.3, -0.25) is 9.59 Å². The average Bonchev–Trinajstić information content (AvgIpc) is 3.07. The fraction of sp³-hybridized carbons (Fsp3) is 0.211. The molecule has 28 heavy (non-hydrogen) atoms. The van der Waals surface area contributed by atoms with Crippen LogP contribution in [0.3, 0.4) is 0 Å². The molecule has 2 aromatic heterocycles. The van der Waals surface area contributed by atoms with Gasteiger partial charge in [0.25, 0.3) is 5.56 Å². The van der Waals surface area contributed by atoms with Gasteiger partial charge < -0.3 is 9.30 Å². The van der Waals surface area contributed by atoms with Crippen molar-refractivity contribution in [2.75, 3.05) is 6.61 Å². The second-order valence-corrected chi connectivity index (χ2v) is 7.95.